The summed E-state index contributed by atoms with van der Waals surface area (Å²) in [7, 11) is 0. The van der Waals surface area contributed by atoms with Crippen LogP contribution in [-0.4, -0.2) is 25.1 Å². The Balaban J connectivity index is 2.09. The normalized spacial score (nSPS) is 12.0. The highest BCUT2D eigenvalue weighted by molar-refractivity contribution is 7.98. The molecule has 2 nitrogen and oxygen atoms in total. The molecule has 104 valence electrons. The number of nitrogens with one attached hydrogen (secondary N) is 1. The minimum absolute atomic E-state index is 0.0299. The molecular weight excluding hydrogens is 252 g/mol. The first-order valence-corrected chi connectivity index (χ1v) is 8.42. The molecule has 1 N–H and O–H groups in total. The van der Waals surface area contributed by atoms with Gasteiger partial charge in [0.25, 0.3) is 0 Å². The third-order valence-corrected chi connectivity index (χ3v) is 3.86. The quantitative estimate of drug-likeness (QED) is 0.660. The molecule has 3 heteroatoms. The Labute approximate surface area is 121 Å². The topological polar surface area (TPSA) is 35.8 Å². The highest BCUT2D eigenvalue weighted by atomic mass is 32.2. The van der Waals surface area contributed by atoms with Gasteiger partial charge in [-0.2, -0.15) is 17.0 Å². The molecule has 0 bridgehead atoms. The van der Waals surface area contributed by atoms with Crippen LogP contribution in [0.1, 0.15) is 37.2 Å². The Morgan fingerprint density at radius 1 is 1.16 bits per heavy atom. The van der Waals surface area contributed by atoms with E-state index in [4.69, 9.17) is 0 Å². The second-order valence-corrected chi connectivity index (χ2v) is 5.69. The van der Waals surface area contributed by atoms with Crippen molar-refractivity contribution in [3.63, 3.8) is 0 Å². The van der Waals surface area contributed by atoms with Gasteiger partial charge in [0.1, 0.15) is 0 Å². The average molecular weight is 276 g/mol. The van der Waals surface area contributed by atoms with Crippen molar-refractivity contribution in [2.24, 2.45) is 0 Å². The number of hydrogen-bond acceptors (Lipinski definition) is 3. The third kappa shape index (κ3) is 7.25. The molecule has 0 heterocycles. The molecule has 1 rings (SSSR count). The summed E-state index contributed by atoms with van der Waals surface area (Å²) < 4.78 is 0. The number of thioether (sulfide) groups is 1. The zero-order valence-corrected chi connectivity index (χ0v) is 12.6. The molecular formula is C16H24N2S. The Morgan fingerprint density at radius 2 is 1.89 bits per heavy atom. The molecule has 1 aromatic carbocycles. The lowest BCUT2D eigenvalue weighted by Crippen LogP contribution is -2.22. The van der Waals surface area contributed by atoms with E-state index in [1.165, 1.54) is 31.4 Å². The number of unbranched alkanes of at least 4 members (excludes halogenated alkanes) is 3. The monoisotopic (exact) mass is 276 g/mol. The van der Waals surface area contributed by atoms with Crippen molar-refractivity contribution in [2.45, 2.75) is 31.6 Å². The number of nitrogens with zero attached hydrogens (tertiary/aromatic N) is 1. The summed E-state index contributed by atoms with van der Waals surface area (Å²) in [5.41, 5.74) is 1.11. The van der Waals surface area contributed by atoms with E-state index < -0.39 is 0 Å². The second kappa shape index (κ2) is 10.9. The van der Waals surface area contributed by atoms with Crippen molar-refractivity contribution in [1.29, 1.82) is 5.26 Å². The van der Waals surface area contributed by atoms with Crippen LogP contribution in [-0.2, 0) is 0 Å². The maximum Gasteiger partial charge on any atom is 0.0837 e. The zero-order valence-electron chi connectivity index (χ0n) is 11.8. The lowest BCUT2D eigenvalue weighted by atomic mass is 10.0. The van der Waals surface area contributed by atoms with Crippen molar-refractivity contribution in [3.05, 3.63) is 35.9 Å². The fraction of sp³-hybridized carbons (Fsp3) is 0.562. The maximum absolute atomic E-state index is 9.19. The lowest BCUT2D eigenvalue weighted by molar-refractivity contribution is 0.587. The summed E-state index contributed by atoms with van der Waals surface area (Å²) in [4.78, 5) is 0. The molecule has 0 aromatic heterocycles. The van der Waals surface area contributed by atoms with E-state index in [1.807, 2.05) is 42.1 Å². The number of hydrogen-bond donors (Lipinski definition) is 1. The van der Waals surface area contributed by atoms with Gasteiger partial charge in [-0.25, -0.2) is 0 Å². The average Bonchev–Trinajstić information content (AvgIpc) is 2.47. The van der Waals surface area contributed by atoms with E-state index >= 15 is 0 Å². The largest absolute Gasteiger partial charge is 0.315 e. The van der Waals surface area contributed by atoms with Gasteiger partial charge in [-0.15, -0.1) is 0 Å². The van der Waals surface area contributed by atoms with E-state index in [2.05, 4.69) is 17.6 Å². The van der Waals surface area contributed by atoms with Gasteiger partial charge in [-0.1, -0.05) is 43.2 Å². The molecule has 19 heavy (non-hydrogen) atoms. The van der Waals surface area contributed by atoms with Crippen molar-refractivity contribution >= 4 is 11.8 Å². The smallest absolute Gasteiger partial charge is 0.0837 e. The van der Waals surface area contributed by atoms with Gasteiger partial charge in [0.15, 0.2) is 0 Å². The number of benzene rings is 1. The minimum Gasteiger partial charge on any atom is -0.315 e. The number of nitriles is 1. The molecule has 0 amide bonds. The van der Waals surface area contributed by atoms with E-state index in [-0.39, 0.29) is 5.92 Å². The van der Waals surface area contributed by atoms with Crippen molar-refractivity contribution in [2.75, 3.05) is 25.1 Å². The van der Waals surface area contributed by atoms with Crippen LogP contribution in [0.3, 0.4) is 0 Å². The Bertz CT molecular complexity index is 359. The van der Waals surface area contributed by atoms with Gasteiger partial charge in [-0.05, 0) is 37.0 Å². The Kier molecular flexibility index (Phi) is 9.22. The van der Waals surface area contributed by atoms with Crippen LogP contribution >= 0.6 is 11.8 Å². The lowest BCUT2D eigenvalue weighted by Gasteiger charge is -2.10. The molecule has 0 aliphatic heterocycles. The summed E-state index contributed by atoms with van der Waals surface area (Å²) >= 11 is 1.92. The first kappa shape index (κ1) is 16.1. The predicted molar refractivity (Wildman–Crippen MR) is 84.5 cm³/mol. The van der Waals surface area contributed by atoms with Crippen LogP contribution in [0.25, 0.3) is 0 Å². The van der Waals surface area contributed by atoms with Crippen molar-refractivity contribution < 1.29 is 0 Å². The van der Waals surface area contributed by atoms with Crippen molar-refractivity contribution in [1.82, 2.24) is 5.32 Å². The highest BCUT2D eigenvalue weighted by Crippen LogP contribution is 2.13. The maximum atomic E-state index is 9.19. The summed E-state index contributed by atoms with van der Waals surface area (Å²) in [6.45, 7) is 1.77. The van der Waals surface area contributed by atoms with Gasteiger partial charge in [0.05, 0.1) is 12.0 Å². The molecule has 0 aliphatic carbocycles. The van der Waals surface area contributed by atoms with Crippen LogP contribution in [0.5, 0.6) is 0 Å². The summed E-state index contributed by atoms with van der Waals surface area (Å²) in [5.74, 6) is 1.25. The van der Waals surface area contributed by atoms with Crippen LogP contribution in [0.15, 0.2) is 30.3 Å². The molecule has 0 aliphatic rings. The predicted octanol–water partition coefficient (Wildman–Crippen LogP) is 3.81. The SMILES string of the molecule is CSCCCCCCNCC(C#N)c1ccccc1. The van der Waals surface area contributed by atoms with Gasteiger partial charge in [0.2, 0.25) is 0 Å². The van der Waals surface area contributed by atoms with Gasteiger partial charge in [-0.3, -0.25) is 0 Å². The molecule has 0 fully saturated rings. The second-order valence-electron chi connectivity index (χ2n) is 4.70. The molecule has 0 spiro atoms. The van der Waals surface area contributed by atoms with Gasteiger partial charge >= 0.3 is 0 Å². The Hall–Kier alpha value is -0.980. The molecule has 0 saturated heterocycles. The van der Waals surface area contributed by atoms with Crippen LogP contribution in [0, 0.1) is 11.3 Å². The molecule has 1 aromatic rings. The fourth-order valence-electron chi connectivity index (χ4n) is 2.02. The first-order chi connectivity index (χ1) is 9.38. The van der Waals surface area contributed by atoms with Gasteiger partial charge < -0.3 is 5.32 Å². The fourth-order valence-corrected chi connectivity index (χ4v) is 2.51. The van der Waals surface area contributed by atoms with Crippen LogP contribution in [0.2, 0.25) is 0 Å². The highest BCUT2D eigenvalue weighted by Gasteiger charge is 2.08. The first-order valence-electron chi connectivity index (χ1n) is 7.02. The summed E-state index contributed by atoms with van der Waals surface area (Å²) in [6.07, 6.45) is 7.31. The van der Waals surface area contributed by atoms with E-state index in [0.717, 1.165) is 18.7 Å². The zero-order chi connectivity index (χ0) is 13.8. The standard InChI is InChI=1S/C16H24N2S/c1-19-12-8-3-2-7-11-18-14-16(13-17)15-9-5-4-6-10-15/h4-6,9-10,16,18H,2-3,7-8,11-12,14H2,1H3. The van der Waals surface area contributed by atoms with Crippen molar-refractivity contribution in [3.8, 4) is 6.07 Å². The van der Waals surface area contributed by atoms with E-state index in [0.29, 0.717) is 0 Å². The van der Waals surface area contributed by atoms with Gasteiger partial charge in [0, 0.05) is 6.54 Å². The van der Waals surface area contributed by atoms with Crippen LogP contribution < -0.4 is 5.32 Å². The van der Waals surface area contributed by atoms with E-state index in [9.17, 15) is 5.26 Å². The number of rotatable bonds is 10. The molecule has 1 unspecified atom stereocenters. The Morgan fingerprint density at radius 3 is 2.58 bits per heavy atom. The molecule has 0 saturated carbocycles. The summed E-state index contributed by atoms with van der Waals surface area (Å²) in [6, 6.07) is 12.4. The third-order valence-electron chi connectivity index (χ3n) is 3.16. The summed E-state index contributed by atoms with van der Waals surface area (Å²) in [5, 5.41) is 12.6. The van der Waals surface area contributed by atoms with Crippen LogP contribution in [0.4, 0.5) is 0 Å². The van der Waals surface area contributed by atoms with E-state index in [1.54, 1.807) is 0 Å². The molecule has 1 atom stereocenters. The minimum atomic E-state index is -0.0299. The molecule has 0 radical (unpaired) electrons.